The lowest BCUT2D eigenvalue weighted by atomic mass is 10.5. The number of aliphatic hydroxyl groups is 2. The molecule has 0 aliphatic heterocycles. The van der Waals surface area contributed by atoms with Gasteiger partial charge >= 0.3 is 0 Å². The van der Waals surface area contributed by atoms with Gasteiger partial charge in [0.15, 0.2) is 6.29 Å². The summed E-state index contributed by atoms with van der Waals surface area (Å²) in [5, 5.41) is 16.9. The molecule has 1 unspecified atom stereocenters. The third kappa shape index (κ3) is 3.40. The number of alkyl halides is 3. The van der Waals surface area contributed by atoms with Crippen molar-refractivity contribution in [2.75, 3.05) is 0 Å². The Morgan fingerprint density at radius 3 is 1.38 bits per heavy atom. The van der Waals surface area contributed by atoms with Gasteiger partial charge in [-0.25, -0.2) is 0 Å². The van der Waals surface area contributed by atoms with Crippen LogP contribution in [0.1, 0.15) is 0 Å². The van der Waals surface area contributed by atoms with E-state index in [1.54, 1.807) is 0 Å². The van der Waals surface area contributed by atoms with Gasteiger partial charge in [-0.3, -0.25) is 0 Å². The van der Waals surface area contributed by atoms with Gasteiger partial charge in [0.2, 0.25) is 0 Å². The molecule has 1 atom stereocenters. The third-order valence-corrected chi connectivity index (χ3v) is 4.09. The summed E-state index contributed by atoms with van der Waals surface area (Å²) in [6, 6.07) is 0. The molecule has 8 heavy (non-hydrogen) atoms. The molecule has 0 saturated carbocycles. The maximum Gasteiger partial charge on any atom is 0.166 e. The summed E-state index contributed by atoms with van der Waals surface area (Å²) in [4.78, 5) is -0.373. The van der Waals surface area contributed by atoms with Crippen molar-refractivity contribution in [3.63, 3.8) is 0 Å². The smallest absolute Gasteiger partial charge is 0.166 e. The molecule has 0 spiro atoms. The molecule has 0 aliphatic rings. The van der Waals surface area contributed by atoms with E-state index >= 15 is 0 Å². The van der Waals surface area contributed by atoms with E-state index in [1.807, 2.05) is 0 Å². The van der Waals surface area contributed by atoms with Crippen LogP contribution in [0.5, 0.6) is 0 Å². The monoisotopic (exact) mass is 310 g/mol. The normalized spacial score (nSPS) is 15.4. The summed E-state index contributed by atoms with van der Waals surface area (Å²) in [5.41, 5.74) is 0. The lowest BCUT2D eigenvalue weighted by Gasteiger charge is -2.11. The Labute approximate surface area is 72.7 Å². The Bertz CT molecular complexity index is 57.5. The maximum absolute atomic E-state index is 8.44. The fraction of sp³-hybridized carbons (Fsp3) is 1.00. The minimum atomic E-state index is -1.33. The summed E-state index contributed by atoms with van der Waals surface area (Å²) in [6.45, 7) is 0. The second-order valence-electron chi connectivity index (χ2n) is 1.19. The van der Waals surface area contributed by atoms with Crippen LogP contribution >= 0.6 is 47.8 Å². The van der Waals surface area contributed by atoms with Crippen molar-refractivity contribution in [3.05, 3.63) is 0 Å². The second-order valence-corrected chi connectivity index (χ2v) is 5.45. The van der Waals surface area contributed by atoms with Gasteiger partial charge in [-0.15, -0.1) is 0 Å². The standard InChI is InChI=1S/C3H5Br3O2/c4-1(2(5)6)3(7)8/h1-3,7-8H. The average molecular weight is 313 g/mol. The van der Waals surface area contributed by atoms with Crippen molar-refractivity contribution in [1.82, 2.24) is 0 Å². The van der Waals surface area contributed by atoms with Gasteiger partial charge in [0.25, 0.3) is 0 Å². The topological polar surface area (TPSA) is 40.5 Å². The first-order valence-electron chi connectivity index (χ1n) is 1.84. The van der Waals surface area contributed by atoms with Crippen LogP contribution in [0, 0.1) is 0 Å². The minimum absolute atomic E-state index is 0.116. The average Bonchev–Trinajstić information content (AvgIpc) is 1.64. The summed E-state index contributed by atoms with van der Waals surface area (Å²) < 4.78 is -0.116. The van der Waals surface area contributed by atoms with E-state index in [1.165, 1.54) is 0 Å². The van der Waals surface area contributed by atoms with E-state index in [2.05, 4.69) is 47.8 Å². The third-order valence-electron chi connectivity index (χ3n) is 0.526. The second kappa shape index (κ2) is 4.22. The zero-order chi connectivity index (χ0) is 6.73. The molecule has 0 bridgehead atoms. The molecule has 5 heteroatoms. The highest BCUT2D eigenvalue weighted by atomic mass is 79.9. The van der Waals surface area contributed by atoms with Crippen molar-refractivity contribution in [2.24, 2.45) is 0 Å². The van der Waals surface area contributed by atoms with Crippen LogP contribution in [0.2, 0.25) is 0 Å². The Morgan fingerprint density at radius 2 is 1.38 bits per heavy atom. The summed E-state index contributed by atoms with van der Waals surface area (Å²) in [5.74, 6) is 0. The molecule has 0 rings (SSSR count). The van der Waals surface area contributed by atoms with Crippen LogP contribution in [0.25, 0.3) is 0 Å². The fourth-order valence-corrected chi connectivity index (χ4v) is 0.676. The van der Waals surface area contributed by atoms with Crippen molar-refractivity contribution in [3.8, 4) is 0 Å². The van der Waals surface area contributed by atoms with E-state index in [0.717, 1.165) is 0 Å². The van der Waals surface area contributed by atoms with Crippen LogP contribution in [0.4, 0.5) is 0 Å². The Kier molecular flexibility index (Phi) is 4.94. The molecule has 0 radical (unpaired) electrons. The first-order valence-corrected chi connectivity index (χ1v) is 4.58. The zero-order valence-electron chi connectivity index (χ0n) is 3.76. The number of hydrogen-bond donors (Lipinski definition) is 2. The Morgan fingerprint density at radius 1 is 1.00 bits per heavy atom. The summed E-state index contributed by atoms with van der Waals surface area (Å²) >= 11 is 9.19. The van der Waals surface area contributed by atoms with E-state index in [4.69, 9.17) is 10.2 Å². The van der Waals surface area contributed by atoms with Gasteiger partial charge < -0.3 is 10.2 Å². The fourth-order valence-electron chi connectivity index (χ4n) is 0.130. The molecule has 0 aromatic heterocycles. The van der Waals surface area contributed by atoms with Gasteiger partial charge in [0, 0.05) is 0 Å². The van der Waals surface area contributed by atoms with Gasteiger partial charge in [-0.05, 0) is 0 Å². The first-order chi connectivity index (χ1) is 3.55. The van der Waals surface area contributed by atoms with Crippen molar-refractivity contribution >= 4 is 47.8 Å². The first kappa shape index (κ1) is 9.36. The molecule has 0 amide bonds. The number of hydrogen-bond acceptors (Lipinski definition) is 2. The highest BCUT2D eigenvalue weighted by Crippen LogP contribution is 2.21. The molecule has 2 nitrogen and oxygen atoms in total. The van der Waals surface area contributed by atoms with Crippen LogP contribution in [-0.2, 0) is 0 Å². The lowest BCUT2D eigenvalue weighted by molar-refractivity contribution is -0.0352. The quantitative estimate of drug-likeness (QED) is 0.594. The summed E-state index contributed by atoms with van der Waals surface area (Å²) in [7, 11) is 0. The van der Waals surface area contributed by atoms with E-state index in [0.29, 0.717) is 0 Å². The van der Waals surface area contributed by atoms with Crippen molar-refractivity contribution in [1.29, 1.82) is 0 Å². The molecule has 0 aromatic rings. The number of rotatable bonds is 2. The zero-order valence-corrected chi connectivity index (χ0v) is 8.52. The largest absolute Gasteiger partial charge is 0.367 e. The molecular formula is C3H5Br3O2. The van der Waals surface area contributed by atoms with E-state index < -0.39 is 6.29 Å². The lowest BCUT2D eigenvalue weighted by Crippen LogP contribution is -2.24. The van der Waals surface area contributed by atoms with Crippen molar-refractivity contribution in [2.45, 2.75) is 14.9 Å². The summed E-state index contributed by atoms with van der Waals surface area (Å²) in [6.07, 6.45) is -1.33. The Hall–Kier alpha value is 1.36. The van der Waals surface area contributed by atoms with Gasteiger partial charge in [-0.1, -0.05) is 47.8 Å². The molecule has 0 aliphatic carbocycles. The van der Waals surface area contributed by atoms with Crippen LogP contribution in [0.15, 0.2) is 0 Å². The highest BCUT2D eigenvalue weighted by Gasteiger charge is 2.18. The molecular weight excluding hydrogens is 308 g/mol. The molecule has 0 saturated heterocycles. The highest BCUT2D eigenvalue weighted by molar-refractivity contribution is 9.25. The SMILES string of the molecule is OC(O)C(Br)C(Br)Br. The van der Waals surface area contributed by atoms with Crippen LogP contribution < -0.4 is 0 Å². The predicted octanol–water partition coefficient (Wildman–Crippen LogP) is 1.18. The molecule has 0 heterocycles. The van der Waals surface area contributed by atoms with Gasteiger partial charge in [0.05, 0.1) is 8.56 Å². The molecule has 50 valence electrons. The van der Waals surface area contributed by atoms with E-state index in [-0.39, 0.29) is 8.56 Å². The molecule has 0 fully saturated rings. The minimum Gasteiger partial charge on any atom is -0.367 e. The van der Waals surface area contributed by atoms with Gasteiger partial charge in [-0.2, -0.15) is 0 Å². The Balaban J connectivity index is 3.46. The number of aliphatic hydroxyl groups excluding tert-OH is 1. The van der Waals surface area contributed by atoms with Crippen molar-refractivity contribution < 1.29 is 10.2 Å². The maximum atomic E-state index is 8.44. The molecule has 0 aromatic carbocycles. The molecule has 2 N–H and O–H groups in total. The number of halogens is 3. The van der Waals surface area contributed by atoms with Crippen LogP contribution in [-0.4, -0.2) is 25.1 Å². The van der Waals surface area contributed by atoms with Gasteiger partial charge in [0.1, 0.15) is 0 Å². The van der Waals surface area contributed by atoms with E-state index in [9.17, 15) is 0 Å². The predicted molar refractivity (Wildman–Crippen MR) is 42.6 cm³/mol. The van der Waals surface area contributed by atoms with Crippen LogP contribution in [0.3, 0.4) is 0 Å².